The minimum atomic E-state index is -0.205. The number of benzene rings is 2. The largest absolute Gasteiger partial charge is 0.489 e. The number of carbonyl (C=O) groups excluding carboxylic acids is 1. The summed E-state index contributed by atoms with van der Waals surface area (Å²) in [7, 11) is 1.97. The lowest BCUT2D eigenvalue weighted by Gasteiger charge is -2.26. The molecule has 0 bridgehead atoms. The van der Waals surface area contributed by atoms with Crippen molar-refractivity contribution in [2.24, 2.45) is 0 Å². The molecule has 27 heavy (non-hydrogen) atoms. The summed E-state index contributed by atoms with van der Waals surface area (Å²) in [6, 6.07) is 17.8. The van der Waals surface area contributed by atoms with Crippen LogP contribution in [0.25, 0.3) is 0 Å². The van der Waals surface area contributed by atoms with Gasteiger partial charge in [0.2, 0.25) is 0 Å². The van der Waals surface area contributed by atoms with Crippen molar-refractivity contribution >= 4 is 5.97 Å². The Bertz CT molecular complexity index is 760. The molecule has 142 valence electrons. The minimum Gasteiger partial charge on any atom is -0.489 e. The summed E-state index contributed by atoms with van der Waals surface area (Å²) in [4.78, 5) is 14.1. The fourth-order valence-corrected chi connectivity index (χ4v) is 2.75. The standard InChI is InChI=1S/C23H27NO3/c1-4-6-16-24(3)22(17-23(25)26-5-2)20-12-14-21(15-13-20)27-18-19-10-8-7-9-11-19/h7-15,22H,5,16-18H2,1-3H3. The van der Waals surface area contributed by atoms with Crippen molar-refractivity contribution in [1.29, 1.82) is 0 Å². The first-order valence-corrected chi connectivity index (χ1v) is 9.16. The Kier molecular flexibility index (Phi) is 8.41. The van der Waals surface area contributed by atoms with E-state index in [9.17, 15) is 4.79 Å². The van der Waals surface area contributed by atoms with Gasteiger partial charge in [-0.25, -0.2) is 0 Å². The second-order valence-electron chi connectivity index (χ2n) is 6.21. The number of hydrogen-bond donors (Lipinski definition) is 0. The molecule has 2 aromatic rings. The summed E-state index contributed by atoms with van der Waals surface area (Å²) in [5.41, 5.74) is 2.16. The van der Waals surface area contributed by atoms with E-state index in [4.69, 9.17) is 9.47 Å². The zero-order valence-corrected chi connectivity index (χ0v) is 16.3. The smallest absolute Gasteiger partial charge is 0.307 e. The van der Waals surface area contributed by atoms with Crippen LogP contribution in [-0.4, -0.2) is 31.1 Å². The zero-order chi connectivity index (χ0) is 19.5. The molecular weight excluding hydrogens is 338 g/mol. The first-order valence-electron chi connectivity index (χ1n) is 9.16. The van der Waals surface area contributed by atoms with E-state index in [0.29, 0.717) is 26.2 Å². The monoisotopic (exact) mass is 365 g/mol. The highest BCUT2D eigenvalue weighted by Crippen LogP contribution is 2.26. The van der Waals surface area contributed by atoms with Crippen LogP contribution < -0.4 is 4.74 Å². The van der Waals surface area contributed by atoms with Crippen LogP contribution in [0.4, 0.5) is 0 Å². The molecule has 0 aliphatic heterocycles. The highest BCUT2D eigenvalue weighted by atomic mass is 16.5. The van der Waals surface area contributed by atoms with E-state index in [-0.39, 0.29) is 12.0 Å². The van der Waals surface area contributed by atoms with Gasteiger partial charge in [-0.05, 0) is 44.2 Å². The molecule has 2 aromatic carbocycles. The van der Waals surface area contributed by atoms with Gasteiger partial charge < -0.3 is 9.47 Å². The van der Waals surface area contributed by atoms with Gasteiger partial charge in [-0.15, -0.1) is 5.92 Å². The highest BCUT2D eigenvalue weighted by Gasteiger charge is 2.21. The topological polar surface area (TPSA) is 38.8 Å². The maximum Gasteiger partial charge on any atom is 0.307 e. The maximum atomic E-state index is 12.0. The first kappa shape index (κ1) is 20.5. The fraction of sp³-hybridized carbons (Fsp3) is 0.348. The number of rotatable bonds is 9. The molecule has 0 aliphatic rings. The van der Waals surface area contributed by atoms with Gasteiger partial charge in [0.25, 0.3) is 0 Å². The molecule has 0 radical (unpaired) electrons. The van der Waals surface area contributed by atoms with Crippen LogP contribution in [0.3, 0.4) is 0 Å². The molecule has 0 saturated carbocycles. The molecule has 0 aromatic heterocycles. The van der Waals surface area contributed by atoms with Crippen molar-refractivity contribution in [3.63, 3.8) is 0 Å². The number of esters is 1. The second kappa shape index (κ2) is 11.1. The lowest BCUT2D eigenvalue weighted by molar-refractivity contribution is -0.144. The third-order valence-electron chi connectivity index (χ3n) is 4.22. The van der Waals surface area contributed by atoms with Gasteiger partial charge in [0.05, 0.1) is 19.6 Å². The number of nitrogens with zero attached hydrogens (tertiary/aromatic N) is 1. The van der Waals surface area contributed by atoms with Gasteiger partial charge in [-0.2, -0.15) is 0 Å². The molecule has 0 heterocycles. The third kappa shape index (κ3) is 6.80. The average molecular weight is 365 g/mol. The van der Waals surface area contributed by atoms with Crippen molar-refractivity contribution in [3.8, 4) is 17.6 Å². The number of ether oxygens (including phenoxy) is 2. The molecule has 0 amide bonds. The van der Waals surface area contributed by atoms with Crippen LogP contribution in [0.1, 0.15) is 37.4 Å². The fourth-order valence-electron chi connectivity index (χ4n) is 2.75. The highest BCUT2D eigenvalue weighted by molar-refractivity contribution is 5.70. The van der Waals surface area contributed by atoms with Crippen LogP contribution in [0.15, 0.2) is 54.6 Å². The van der Waals surface area contributed by atoms with Crippen molar-refractivity contribution in [3.05, 3.63) is 65.7 Å². The second-order valence-corrected chi connectivity index (χ2v) is 6.21. The summed E-state index contributed by atoms with van der Waals surface area (Å²) in [5.74, 6) is 6.54. The summed E-state index contributed by atoms with van der Waals surface area (Å²) in [5, 5.41) is 0. The molecular formula is C23H27NO3. The van der Waals surface area contributed by atoms with Gasteiger partial charge in [-0.3, -0.25) is 9.69 Å². The van der Waals surface area contributed by atoms with Crippen molar-refractivity contribution < 1.29 is 14.3 Å². The molecule has 0 saturated heterocycles. The van der Waals surface area contributed by atoms with Gasteiger partial charge in [-0.1, -0.05) is 48.4 Å². The number of hydrogen-bond acceptors (Lipinski definition) is 4. The Morgan fingerprint density at radius 3 is 2.44 bits per heavy atom. The average Bonchev–Trinajstić information content (AvgIpc) is 2.70. The molecule has 0 aliphatic carbocycles. The Labute approximate surface area is 162 Å². The lowest BCUT2D eigenvalue weighted by atomic mass is 10.0. The van der Waals surface area contributed by atoms with Crippen LogP contribution in [0.2, 0.25) is 0 Å². The van der Waals surface area contributed by atoms with Crippen LogP contribution >= 0.6 is 0 Å². The van der Waals surface area contributed by atoms with Crippen molar-refractivity contribution in [1.82, 2.24) is 4.90 Å². The normalized spacial score (nSPS) is 11.4. The van der Waals surface area contributed by atoms with Gasteiger partial charge >= 0.3 is 5.97 Å². The molecule has 4 nitrogen and oxygen atoms in total. The summed E-state index contributed by atoms with van der Waals surface area (Å²) in [6.07, 6.45) is 0.292. The first-order chi connectivity index (χ1) is 13.1. The van der Waals surface area contributed by atoms with Crippen LogP contribution in [-0.2, 0) is 16.1 Å². The molecule has 1 atom stereocenters. The molecule has 0 spiro atoms. The van der Waals surface area contributed by atoms with Crippen LogP contribution in [0.5, 0.6) is 5.75 Å². The van der Waals surface area contributed by atoms with E-state index in [1.54, 1.807) is 0 Å². The van der Waals surface area contributed by atoms with E-state index in [0.717, 1.165) is 16.9 Å². The van der Waals surface area contributed by atoms with Crippen molar-refractivity contribution in [2.45, 2.75) is 32.9 Å². The van der Waals surface area contributed by atoms with E-state index >= 15 is 0 Å². The Hall–Kier alpha value is -2.77. The van der Waals surface area contributed by atoms with E-state index in [1.165, 1.54) is 0 Å². The molecule has 0 N–H and O–H groups in total. The van der Waals surface area contributed by atoms with Crippen molar-refractivity contribution in [2.75, 3.05) is 20.2 Å². The summed E-state index contributed by atoms with van der Waals surface area (Å²) in [6.45, 7) is 5.13. The molecule has 0 fully saturated rings. The summed E-state index contributed by atoms with van der Waals surface area (Å²) < 4.78 is 11.0. The third-order valence-corrected chi connectivity index (χ3v) is 4.22. The Morgan fingerprint density at radius 2 is 1.81 bits per heavy atom. The van der Waals surface area contributed by atoms with Crippen LogP contribution in [0, 0.1) is 11.8 Å². The van der Waals surface area contributed by atoms with E-state index in [2.05, 4.69) is 16.7 Å². The van der Waals surface area contributed by atoms with E-state index in [1.807, 2.05) is 75.5 Å². The van der Waals surface area contributed by atoms with Gasteiger partial charge in [0, 0.05) is 6.04 Å². The molecule has 4 heteroatoms. The quantitative estimate of drug-likeness (QED) is 0.493. The maximum absolute atomic E-state index is 12.0. The summed E-state index contributed by atoms with van der Waals surface area (Å²) >= 11 is 0. The predicted molar refractivity (Wildman–Crippen MR) is 107 cm³/mol. The SMILES string of the molecule is CC#CCN(C)C(CC(=O)OCC)c1ccc(OCc2ccccc2)cc1. The Morgan fingerprint density at radius 1 is 1.11 bits per heavy atom. The number of carbonyl (C=O) groups is 1. The predicted octanol–water partition coefficient (Wildman–Crippen LogP) is 4.22. The Balaban J connectivity index is 2.07. The molecule has 1 unspecified atom stereocenters. The van der Waals surface area contributed by atoms with Gasteiger partial charge in [0.15, 0.2) is 0 Å². The lowest BCUT2D eigenvalue weighted by Crippen LogP contribution is -2.27. The molecule has 2 rings (SSSR count). The zero-order valence-electron chi connectivity index (χ0n) is 16.3. The van der Waals surface area contributed by atoms with E-state index < -0.39 is 0 Å². The minimum absolute atomic E-state index is 0.0897. The van der Waals surface area contributed by atoms with Gasteiger partial charge in [0.1, 0.15) is 12.4 Å².